The number of halogens is 1. The normalized spacial score (nSPS) is 14.3. The van der Waals surface area contributed by atoms with Crippen LogP contribution in [0.1, 0.15) is 15.9 Å². The fraction of sp³-hybridized carbons (Fsp3) is 0.200. The van der Waals surface area contributed by atoms with Gasteiger partial charge in [-0.1, -0.05) is 35.9 Å². The molecule has 9 heteroatoms. The monoisotopic (exact) mass is 538 g/mol. The molecule has 0 spiro atoms. The average Bonchev–Trinajstić information content (AvgIpc) is 3.33. The third kappa shape index (κ3) is 4.84. The quantitative estimate of drug-likeness (QED) is 0.320. The van der Waals surface area contributed by atoms with Crippen molar-refractivity contribution in [1.82, 2.24) is 24.8 Å². The number of rotatable bonds is 5. The molecule has 4 heterocycles. The molecule has 1 saturated heterocycles. The van der Waals surface area contributed by atoms with Crippen LogP contribution in [0.4, 0.5) is 0 Å². The molecule has 3 aromatic heterocycles. The van der Waals surface area contributed by atoms with Gasteiger partial charge in [-0.2, -0.15) is 0 Å². The fourth-order valence-electron chi connectivity index (χ4n) is 5.22. The number of likely N-dealkylation sites (N-methyl/N-ethyl adjacent to an activating group) is 1. The van der Waals surface area contributed by atoms with Crippen LogP contribution in [0.3, 0.4) is 0 Å². The van der Waals surface area contributed by atoms with Crippen LogP contribution in [0, 0.1) is 0 Å². The molecule has 196 valence electrons. The molecule has 0 saturated carbocycles. The Kier molecular flexibility index (Phi) is 6.50. The SMILES string of the molecule is CN1CCN(C(=O)c2ccc3c(c2)[nH]c2c(CC(N)=O)ccc(-c4ccc(-c5ccc(Cl)nc5)nc4)c23)CC1. The number of nitrogens with one attached hydrogen (secondary N) is 1. The van der Waals surface area contributed by atoms with E-state index in [0.29, 0.717) is 23.8 Å². The molecule has 0 aliphatic carbocycles. The van der Waals surface area contributed by atoms with Gasteiger partial charge in [0.25, 0.3) is 5.91 Å². The summed E-state index contributed by atoms with van der Waals surface area (Å²) in [5, 5.41) is 2.36. The van der Waals surface area contributed by atoms with E-state index in [1.54, 1.807) is 12.3 Å². The van der Waals surface area contributed by atoms with Gasteiger partial charge in [0.1, 0.15) is 5.15 Å². The van der Waals surface area contributed by atoms with Gasteiger partial charge in [0.05, 0.1) is 17.6 Å². The van der Waals surface area contributed by atoms with E-state index in [-0.39, 0.29) is 12.3 Å². The number of H-pyrrole nitrogens is 1. The number of fused-ring (bicyclic) bond motifs is 3. The number of nitrogens with zero attached hydrogens (tertiary/aromatic N) is 4. The maximum Gasteiger partial charge on any atom is 0.254 e. The molecular weight excluding hydrogens is 512 g/mol. The van der Waals surface area contributed by atoms with E-state index < -0.39 is 5.91 Å². The van der Waals surface area contributed by atoms with Crippen molar-refractivity contribution in [3.8, 4) is 22.4 Å². The summed E-state index contributed by atoms with van der Waals surface area (Å²) in [7, 11) is 2.07. The van der Waals surface area contributed by atoms with Crippen LogP contribution in [0.25, 0.3) is 44.2 Å². The van der Waals surface area contributed by atoms with Crippen molar-refractivity contribution in [3.05, 3.63) is 83.3 Å². The van der Waals surface area contributed by atoms with E-state index in [4.69, 9.17) is 17.3 Å². The second-order valence-corrected chi connectivity index (χ2v) is 10.3. The molecule has 1 fully saturated rings. The molecule has 2 amide bonds. The summed E-state index contributed by atoms with van der Waals surface area (Å²) in [6.45, 7) is 3.15. The van der Waals surface area contributed by atoms with E-state index in [2.05, 4.69) is 26.9 Å². The summed E-state index contributed by atoms with van der Waals surface area (Å²) in [5.41, 5.74) is 12.2. The number of aromatic amines is 1. The van der Waals surface area contributed by atoms with E-state index in [1.807, 2.05) is 59.6 Å². The average molecular weight is 539 g/mol. The minimum absolute atomic E-state index is 0.0257. The maximum absolute atomic E-state index is 13.2. The molecule has 0 unspecified atom stereocenters. The van der Waals surface area contributed by atoms with Crippen molar-refractivity contribution < 1.29 is 9.59 Å². The van der Waals surface area contributed by atoms with Crippen LogP contribution in [0.2, 0.25) is 5.15 Å². The molecule has 8 nitrogen and oxygen atoms in total. The topological polar surface area (TPSA) is 108 Å². The number of benzene rings is 2. The number of carbonyl (C=O) groups excluding carboxylic acids is 2. The fourth-order valence-corrected chi connectivity index (χ4v) is 5.33. The van der Waals surface area contributed by atoms with Gasteiger partial charge in [0, 0.05) is 71.6 Å². The Bertz CT molecular complexity index is 1700. The highest BCUT2D eigenvalue weighted by Gasteiger charge is 2.22. The number of amides is 2. The largest absolute Gasteiger partial charge is 0.369 e. The minimum Gasteiger partial charge on any atom is -0.369 e. The number of hydrogen-bond donors (Lipinski definition) is 2. The number of pyridine rings is 2. The summed E-state index contributed by atoms with van der Waals surface area (Å²) in [4.78, 5) is 41.5. The predicted molar refractivity (Wildman–Crippen MR) is 154 cm³/mol. The van der Waals surface area contributed by atoms with Gasteiger partial charge in [-0.05, 0) is 48.5 Å². The van der Waals surface area contributed by atoms with Crippen LogP contribution in [-0.4, -0.2) is 69.8 Å². The van der Waals surface area contributed by atoms with Crippen molar-refractivity contribution in [2.75, 3.05) is 33.2 Å². The number of carbonyl (C=O) groups is 2. The summed E-state index contributed by atoms with van der Waals surface area (Å²) in [6.07, 6.45) is 3.63. The number of nitrogens with two attached hydrogens (primary N) is 1. The lowest BCUT2D eigenvalue weighted by Crippen LogP contribution is -2.47. The second-order valence-electron chi connectivity index (χ2n) is 9.95. The van der Waals surface area contributed by atoms with Gasteiger partial charge in [-0.3, -0.25) is 14.6 Å². The van der Waals surface area contributed by atoms with Gasteiger partial charge < -0.3 is 20.5 Å². The lowest BCUT2D eigenvalue weighted by Gasteiger charge is -2.32. The van der Waals surface area contributed by atoms with Gasteiger partial charge in [-0.15, -0.1) is 0 Å². The van der Waals surface area contributed by atoms with Crippen molar-refractivity contribution in [3.63, 3.8) is 0 Å². The van der Waals surface area contributed by atoms with E-state index in [0.717, 1.165) is 62.8 Å². The molecule has 6 rings (SSSR count). The molecule has 0 radical (unpaired) electrons. The summed E-state index contributed by atoms with van der Waals surface area (Å²) >= 11 is 5.93. The first-order valence-electron chi connectivity index (χ1n) is 12.8. The van der Waals surface area contributed by atoms with Crippen molar-refractivity contribution in [2.24, 2.45) is 5.73 Å². The van der Waals surface area contributed by atoms with Crippen molar-refractivity contribution >= 4 is 45.2 Å². The molecule has 2 aromatic carbocycles. The third-order valence-corrected chi connectivity index (χ3v) is 7.56. The van der Waals surface area contributed by atoms with Gasteiger partial charge in [0.15, 0.2) is 0 Å². The first kappa shape index (κ1) is 25.0. The Morgan fingerprint density at radius 2 is 1.72 bits per heavy atom. The van der Waals surface area contributed by atoms with E-state index >= 15 is 0 Å². The molecular formula is C30H27ClN6O2. The molecule has 39 heavy (non-hydrogen) atoms. The first-order valence-corrected chi connectivity index (χ1v) is 13.2. The van der Waals surface area contributed by atoms with Gasteiger partial charge in [0.2, 0.25) is 5.91 Å². The number of hydrogen-bond acceptors (Lipinski definition) is 5. The van der Waals surface area contributed by atoms with Gasteiger partial charge >= 0.3 is 0 Å². The Hall–Kier alpha value is -4.27. The van der Waals surface area contributed by atoms with Crippen LogP contribution < -0.4 is 5.73 Å². The minimum atomic E-state index is -0.406. The molecule has 5 aromatic rings. The first-order chi connectivity index (χ1) is 18.9. The third-order valence-electron chi connectivity index (χ3n) is 7.34. The summed E-state index contributed by atoms with van der Waals surface area (Å²) in [6, 6.07) is 17.3. The van der Waals surface area contributed by atoms with Crippen molar-refractivity contribution in [2.45, 2.75) is 6.42 Å². The Balaban J connectivity index is 1.43. The zero-order chi connectivity index (χ0) is 27.1. The van der Waals surface area contributed by atoms with Crippen LogP contribution in [0.5, 0.6) is 0 Å². The zero-order valence-electron chi connectivity index (χ0n) is 21.4. The Morgan fingerprint density at radius 1 is 0.949 bits per heavy atom. The number of piperazine rings is 1. The highest BCUT2D eigenvalue weighted by atomic mass is 35.5. The highest BCUT2D eigenvalue weighted by Crippen LogP contribution is 2.37. The predicted octanol–water partition coefficient (Wildman–Crippen LogP) is 4.51. The smallest absolute Gasteiger partial charge is 0.254 e. The Morgan fingerprint density at radius 3 is 2.41 bits per heavy atom. The molecule has 3 N–H and O–H groups in total. The second kappa shape index (κ2) is 10.1. The molecule has 1 aliphatic rings. The van der Waals surface area contributed by atoms with Crippen LogP contribution >= 0.6 is 11.6 Å². The number of aromatic nitrogens is 3. The van der Waals surface area contributed by atoms with Crippen molar-refractivity contribution in [1.29, 1.82) is 0 Å². The van der Waals surface area contributed by atoms with Gasteiger partial charge in [-0.25, -0.2) is 4.98 Å². The lowest BCUT2D eigenvalue weighted by atomic mass is 9.96. The molecule has 0 atom stereocenters. The Labute approximate surface area is 230 Å². The zero-order valence-corrected chi connectivity index (χ0v) is 22.2. The highest BCUT2D eigenvalue weighted by molar-refractivity contribution is 6.29. The molecule has 1 aliphatic heterocycles. The standard InChI is InChI=1S/C30H27ClN6O2/c1-36-10-12-37(13-11-36)30(39)19-3-7-23-25(14-19)35-29-18(15-27(32)38)2-6-22(28(23)29)20-4-8-24(33-16-20)21-5-9-26(31)34-17-21/h2-9,14,16-17,35H,10-13,15H2,1H3,(H2,32,38). The molecule has 0 bridgehead atoms. The lowest BCUT2D eigenvalue weighted by molar-refractivity contribution is -0.117. The summed E-state index contributed by atoms with van der Waals surface area (Å²) in [5.74, 6) is -0.381. The maximum atomic E-state index is 13.2. The van der Waals surface area contributed by atoms with Crippen LogP contribution in [0.15, 0.2) is 67.0 Å². The van der Waals surface area contributed by atoms with E-state index in [9.17, 15) is 9.59 Å². The summed E-state index contributed by atoms with van der Waals surface area (Å²) < 4.78 is 0. The van der Waals surface area contributed by atoms with E-state index in [1.165, 1.54) is 0 Å². The van der Waals surface area contributed by atoms with Crippen LogP contribution in [-0.2, 0) is 11.2 Å². The number of primary amides is 1.